The minimum atomic E-state index is -0.384. The van der Waals surface area contributed by atoms with Gasteiger partial charge in [-0.1, -0.05) is 44.0 Å². The number of allylic oxidation sites excluding steroid dienone is 2. The molecule has 0 aliphatic carbocycles. The van der Waals surface area contributed by atoms with Gasteiger partial charge in [-0.3, -0.25) is 0 Å². The molecule has 5 nitrogen and oxygen atoms in total. The smallest absolute Gasteiger partial charge is 0.229 e. The predicted octanol–water partition coefficient (Wildman–Crippen LogP) is 8.53. The summed E-state index contributed by atoms with van der Waals surface area (Å²) >= 11 is 7.25. The molecule has 0 saturated carbocycles. The van der Waals surface area contributed by atoms with Gasteiger partial charge in [0.1, 0.15) is 23.3 Å². The SMILES string of the molecule is C=CC(Br)c1c(Oc2nc(C)nc(-c3ccc(F)cc3)c2C(Br)C=C)nc(C)nc1-c1ccc(F)cc1. The van der Waals surface area contributed by atoms with E-state index < -0.39 is 0 Å². The summed E-state index contributed by atoms with van der Waals surface area (Å²) in [5.74, 6) is 0.699. The zero-order valence-corrected chi connectivity index (χ0v) is 23.2. The quantitative estimate of drug-likeness (QED) is 0.145. The molecule has 37 heavy (non-hydrogen) atoms. The van der Waals surface area contributed by atoms with E-state index in [1.807, 2.05) is 0 Å². The monoisotopic (exact) mass is 626 g/mol. The molecule has 0 radical (unpaired) electrons. The van der Waals surface area contributed by atoms with Crippen LogP contribution in [0.3, 0.4) is 0 Å². The highest BCUT2D eigenvalue weighted by Gasteiger charge is 2.26. The van der Waals surface area contributed by atoms with Crippen LogP contribution in [-0.2, 0) is 0 Å². The second-order valence-corrected chi connectivity index (χ2v) is 10.0. The molecule has 0 amide bonds. The summed E-state index contributed by atoms with van der Waals surface area (Å²) in [6.45, 7) is 11.3. The molecular formula is C28H22Br2F2N4O. The summed E-state index contributed by atoms with van der Waals surface area (Å²) in [6, 6.07) is 12.1. The second-order valence-electron chi connectivity index (χ2n) is 8.07. The van der Waals surface area contributed by atoms with Crippen LogP contribution in [0.15, 0.2) is 73.8 Å². The number of aromatic nitrogens is 4. The van der Waals surface area contributed by atoms with E-state index in [1.54, 1.807) is 50.3 Å². The van der Waals surface area contributed by atoms with Crippen molar-refractivity contribution in [1.29, 1.82) is 0 Å². The fourth-order valence-electron chi connectivity index (χ4n) is 3.75. The largest absolute Gasteiger partial charge is 0.420 e. The summed E-state index contributed by atoms with van der Waals surface area (Å²) in [4.78, 5) is 17.6. The van der Waals surface area contributed by atoms with Crippen molar-refractivity contribution in [2.24, 2.45) is 0 Å². The number of halogens is 4. The Morgan fingerprint density at radius 1 is 0.676 bits per heavy atom. The van der Waals surface area contributed by atoms with E-state index in [2.05, 4.69) is 65.0 Å². The van der Waals surface area contributed by atoms with Crippen molar-refractivity contribution in [2.75, 3.05) is 0 Å². The van der Waals surface area contributed by atoms with E-state index in [1.165, 1.54) is 24.3 Å². The fourth-order valence-corrected chi connectivity index (χ4v) is 4.57. The van der Waals surface area contributed by atoms with Gasteiger partial charge in [-0.25, -0.2) is 18.7 Å². The molecule has 2 aromatic carbocycles. The molecule has 0 aliphatic rings. The number of benzene rings is 2. The Kier molecular flexibility index (Phi) is 8.24. The average molecular weight is 628 g/mol. The van der Waals surface area contributed by atoms with E-state index in [0.29, 0.717) is 45.3 Å². The van der Waals surface area contributed by atoms with Gasteiger partial charge >= 0.3 is 0 Å². The van der Waals surface area contributed by atoms with Gasteiger partial charge in [-0.2, -0.15) is 9.97 Å². The van der Waals surface area contributed by atoms with Gasteiger partial charge in [0.15, 0.2) is 0 Å². The highest BCUT2D eigenvalue weighted by molar-refractivity contribution is 9.09. The zero-order valence-electron chi connectivity index (χ0n) is 20.1. The molecule has 0 fully saturated rings. The molecule has 0 N–H and O–H groups in total. The first kappa shape index (κ1) is 26.8. The molecule has 0 saturated heterocycles. The molecule has 0 aliphatic heterocycles. The van der Waals surface area contributed by atoms with Crippen LogP contribution in [-0.4, -0.2) is 19.9 Å². The topological polar surface area (TPSA) is 60.8 Å². The lowest BCUT2D eigenvalue weighted by molar-refractivity contribution is 0.430. The van der Waals surface area contributed by atoms with Crippen LogP contribution in [0.1, 0.15) is 32.4 Å². The predicted molar refractivity (Wildman–Crippen MR) is 148 cm³/mol. The Morgan fingerprint density at radius 3 is 1.35 bits per heavy atom. The first-order chi connectivity index (χ1) is 17.7. The van der Waals surface area contributed by atoms with Crippen LogP contribution in [0, 0.1) is 25.5 Å². The van der Waals surface area contributed by atoms with E-state index in [-0.39, 0.29) is 33.0 Å². The Hall–Kier alpha value is -3.30. The van der Waals surface area contributed by atoms with Gasteiger partial charge in [-0.15, -0.1) is 13.2 Å². The zero-order chi connectivity index (χ0) is 26.7. The van der Waals surface area contributed by atoms with Crippen molar-refractivity contribution >= 4 is 31.9 Å². The molecule has 2 aromatic heterocycles. The van der Waals surface area contributed by atoms with Gasteiger partial charge in [0.25, 0.3) is 0 Å². The summed E-state index contributed by atoms with van der Waals surface area (Å²) in [7, 11) is 0. The van der Waals surface area contributed by atoms with Crippen LogP contribution < -0.4 is 4.74 Å². The van der Waals surface area contributed by atoms with E-state index >= 15 is 0 Å². The van der Waals surface area contributed by atoms with Crippen LogP contribution >= 0.6 is 31.9 Å². The Labute approximate surface area is 230 Å². The highest BCUT2D eigenvalue weighted by Crippen LogP contribution is 2.43. The minimum absolute atomic E-state index is 0.252. The Bertz CT molecular complexity index is 1350. The van der Waals surface area contributed by atoms with Gasteiger partial charge in [-0.05, 0) is 62.4 Å². The van der Waals surface area contributed by atoms with E-state index in [4.69, 9.17) is 4.74 Å². The first-order valence-corrected chi connectivity index (χ1v) is 13.0. The third-order valence-corrected chi connectivity index (χ3v) is 7.10. The standard InChI is InChI=1S/C28H22Br2F2N4O/c1-5-21(29)23-25(17-7-11-19(31)12-8-17)33-15(3)35-27(23)37-28-24(22(30)6-2)26(34-16(4)36-28)18-9-13-20(32)14-10-18/h5-14,21-22H,1-2H2,3-4H3. The lowest BCUT2D eigenvalue weighted by atomic mass is 10.0. The maximum absolute atomic E-state index is 13.6. The van der Waals surface area contributed by atoms with Crippen molar-refractivity contribution in [2.45, 2.75) is 23.5 Å². The second kappa shape index (κ2) is 11.4. The van der Waals surface area contributed by atoms with Crippen LogP contribution in [0.2, 0.25) is 0 Å². The molecule has 9 heteroatoms. The molecule has 0 spiro atoms. The van der Waals surface area contributed by atoms with Crippen molar-refractivity contribution in [1.82, 2.24) is 19.9 Å². The van der Waals surface area contributed by atoms with Crippen LogP contribution in [0.25, 0.3) is 22.5 Å². The highest BCUT2D eigenvalue weighted by atomic mass is 79.9. The van der Waals surface area contributed by atoms with Crippen molar-refractivity contribution < 1.29 is 13.5 Å². The third kappa shape index (κ3) is 5.83. The van der Waals surface area contributed by atoms with Gasteiger partial charge in [0.2, 0.25) is 11.8 Å². The lowest BCUT2D eigenvalue weighted by Gasteiger charge is -2.20. The summed E-state index contributed by atoms with van der Waals surface area (Å²) in [5.41, 5.74) is 3.70. The van der Waals surface area contributed by atoms with E-state index in [9.17, 15) is 8.78 Å². The number of hydrogen-bond donors (Lipinski definition) is 0. The number of hydrogen-bond acceptors (Lipinski definition) is 5. The molecular weight excluding hydrogens is 606 g/mol. The summed E-state index contributed by atoms with van der Waals surface area (Å²) < 4.78 is 33.7. The molecule has 2 atom stereocenters. The van der Waals surface area contributed by atoms with Gasteiger partial charge < -0.3 is 4.74 Å². The van der Waals surface area contributed by atoms with Gasteiger partial charge in [0, 0.05) is 11.1 Å². The molecule has 0 bridgehead atoms. The Morgan fingerprint density at radius 2 is 1.03 bits per heavy atom. The van der Waals surface area contributed by atoms with Gasteiger partial charge in [0.05, 0.1) is 32.2 Å². The lowest BCUT2D eigenvalue weighted by Crippen LogP contribution is -2.08. The summed E-state index contributed by atoms with van der Waals surface area (Å²) in [5, 5.41) is 0. The van der Waals surface area contributed by atoms with Crippen molar-refractivity contribution in [3.8, 4) is 34.3 Å². The van der Waals surface area contributed by atoms with E-state index in [0.717, 1.165) is 0 Å². The summed E-state index contributed by atoms with van der Waals surface area (Å²) in [6.07, 6.45) is 3.36. The number of nitrogens with zero attached hydrogens (tertiary/aromatic N) is 4. The van der Waals surface area contributed by atoms with Crippen LogP contribution in [0.4, 0.5) is 8.78 Å². The fraction of sp³-hybridized carbons (Fsp3) is 0.143. The van der Waals surface area contributed by atoms with Crippen molar-refractivity contribution in [3.63, 3.8) is 0 Å². The molecule has 4 rings (SSSR count). The first-order valence-electron chi connectivity index (χ1n) is 11.2. The average Bonchev–Trinajstić information content (AvgIpc) is 2.88. The molecule has 2 unspecified atom stereocenters. The minimum Gasteiger partial charge on any atom is -0.420 e. The molecule has 188 valence electrons. The molecule has 4 aromatic rings. The number of alkyl halides is 2. The Balaban J connectivity index is 1.95. The molecule has 2 heterocycles. The number of aryl methyl sites for hydroxylation is 2. The van der Waals surface area contributed by atoms with Crippen LogP contribution in [0.5, 0.6) is 11.8 Å². The maximum atomic E-state index is 13.6. The number of rotatable bonds is 8. The normalized spacial score (nSPS) is 12.6. The maximum Gasteiger partial charge on any atom is 0.229 e. The number of ether oxygens (including phenoxy) is 1. The third-order valence-electron chi connectivity index (χ3n) is 5.44. The van der Waals surface area contributed by atoms with Crippen molar-refractivity contribution in [3.05, 3.63) is 108 Å².